The fourth-order valence-corrected chi connectivity index (χ4v) is 3.69. The topological polar surface area (TPSA) is 72.2 Å². The monoisotopic (exact) mass is 356 g/mol. The van der Waals surface area contributed by atoms with E-state index >= 15 is 0 Å². The molecule has 1 fully saturated rings. The molecule has 2 N–H and O–H groups in total. The lowest BCUT2D eigenvalue weighted by molar-refractivity contribution is -0.138. The van der Waals surface area contributed by atoms with Gasteiger partial charge >= 0.3 is 0 Å². The molecule has 2 aromatic heterocycles. The maximum absolute atomic E-state index is 12.5. The van der Waals surface area contributed by atoms with Crippen molar-refractivity contribution in [1.82, 2.24) is 19.8 Å². The van der Waals surface area contributed by atoms with Gasteiger partial charge in [0.25, 0.3) is 0 Å². The van der Waals surface area contributed by atoms with Gasteiger partial charge in [-0.2, -0.15) is 0 Å². The predicted molar refractivity (Wildman–Crippen MR) is 101 cm³/mol. The van der Waals surface area contributed by atoms with Gasteiger partial charge in [0.1, 0.15) is 0 Å². The van der Waals surface area contributed by atoms with Gasteiger partial charge < -0.3 is 19.8 Å². The number of amides is 2. The van der Waals surface area contributed by atoms with Crippen LogP contribution in [0.1, 0.15) is 33.9 Å². The zero-order chi connectivity index (χ0) is 18.8. The molecule has 6 nitrogen and oxygen atoms in total. The van der Waals surface area contributed by atoms with E-state index in [1.165, 1.54) is 0 Å². The highest BCUT2D eigenvalue weighted by Crippen LogP contribution is 2.14. The van der Waals surface area contributed by atoms with Crippen molar-refractivity contribution in [3.05, 3.63) is 46.0 Å². The number of carbonyl (C=O) groups excluding carboxylic acids is 2. The number of nitrogens with zero attached hydrogens (tertiary/aromatic N) is 2. The second-order valence-corrected chi connectivity index (χ2v) is 7.32. The fraction of sp³-hybridized carbons (Fsp3) is 0.500. The van der Waals surface area contributed by atoms with Crippen LogP contribution in [0.25, 0.3) is 0 Å². The summed E-state index contributed by atoms with van der Waals surface area (Å²) >= 11 is 0. The van der Waals surface area contributed by atoms with Crippen molar-refractivity contribution in [3.8, 4) is 0 Å². The van der Waals surface area contributed by atoms with Crippen LogP contribution < -0.4 is 0 Å². The number of hydrogen-bond acceptors (Lipinski definition) is 2. The first-order valence-electron chi connectivity index (χ1n) is 9.19. The second-order valence-electron chi connectivity index (χ2n) is 7.32. The molecule has 6 heteroatoms. The van der Waals surface area contributed by atoms with Crippen molar-refractivity contribution < 1.29 is 9.59 Å². The van der Waals surface area contributed by atoms with Gasteiger partial charge in [-0.1, -0.05) is 0 Å². The zero-order valence-corrected chi connectivity index (χ0v) is 16.1. The number of aromatic amines is 2. The molecular weight excluding hydrogens is 328 g/mol. The molecule has 0 atom stereocenters. The second kappa shape index (κ2) is 7.40. The molecule has 1 saturated heterocycles. The summed E-state index contributed by atoms with van der Waals surface area (Å²) < 4.78 is 0. The molecule has 3 heterocycles. The van der Waals surface area contributed by atoms with E-state index in [9.17, 15) is 9.59 Å². The molecule has 0 spiro atoms. The van der Waals surface area contributed by atoms with E-state index in [1.807, 2.05) is 49.6 Å². The van der Waals surface area contributed by atoms with Gasteiger partial charge in [0.05, 0.1) is 12.8 Å². The minimum absolute atomic E-state index is 0.135. The van der Waals surface area contributed by atoms with E-state index in [0.29, 0.717) is 39.0 Å². The Kier molecular flexibility index (Phi) is 5.20. The molecule has 0 saturated carbocycles. The SMILES string of the molecule is Cc1cc(CC(=O)N2CCN(C(=O)Cc3cc(C)[nH]c3C)CC2)c(C)[nH]1. The molecule has 1 aliphatic rings. The van der Waals surface area contributed by atoms with Crippen molar-refractivity contribution in [2.24, 2.45) is 0 Å². The van der Waals surface area contributed by atoms with Crippen LogP contribution in [-0.4, -0.2) is 57.8 Å². The molecule has 0 aliphatic carbocycles. The summed E-state index contributed by atoms with van der Waals surface area (Å²) in [6, 6.07) is 4.07. The van der Waals surface area contributed by atoms with Crippen LogP contribution in [-0.2, 0) is 22.4 Å². The van der Waals surface area contributed by atoms with Crippen molar-refractivity contribution in [3.63, 3.8) is 0 Å². The Balaban J connectivity index is 1.52. The van der Waals surface area contributed by atoms with Gasteiger partial charge in [-0.3, -0.25) is 9.59 Å². The first-order chi connectivity index (χ1) is 12.3. The summed E-state index contributed by atoms with van der Waals surface area (Å²) in [7, 11) is 0. The Bertz CT molecular complexity index is 742. The van der Waals surface area contributed by atoms with Gasteiger partial charge in [0.15, 0.2) is 0 Å². The van der Waals surface area contributed by atoms with Gasteiger partial charge in [-0.15, -0.1) is 0 Å². The molecule has 1 aliphatic heterocycles. The maximum Gasteiger partial charge on any atom is 0.227 e. The highest BCUT2D eigenvalue weighted by atomic mass is 16.2. The summed E-state index contributed by atoms with van der Waals surface area (Å²) in [4.78, 5) is 35.3. The molecule has 0 bridgehead atoms. The lowest BCUT2D eigenvalue weighted by Gasteiger charge is -2.35. The largest absolute Gasteiger partial charge is 0.362 e. The molecule has 26 heavy (non-hydrogen) atoms. The lowest BCUT2D eigenvalue weighted by atomic mass is 10.1. The maximum atomic E-state index is 12.5. The van der Waals surface area contributed by atoms with Crippen molar-refractivity contribution >= 4 is 11.8 Å². The van der Waals surface area contributed by atoms with E-state index < -0.39 is 0 Å². The Morgan fingerprint density at radius 3 is 1.38 bits per heavy atom. The van der Waals surface area contributed by atoms with E-state index in [-0.39, 0.29) is 11.8 Å². The van der Waals surface area contributed by atoms with Crippen molar-refractivity contribution in [2.75, 3.05) is 26.2 Å². The Morgan fingerprint density at radius 1 is 0.769 bits per heavy atom. The number of H-pyrrole nitrogens is 2. The molecule has 140 valence electrons. The molecule has 2 aromatic rings. The smallest absolute Gasteiger partial charge is 0.227 e. The Hall–Kier alpha value is -2.50. The fourth-order valence-electron chi connectivity index (χ4n) is 3.69. The van der Waals surface area contributed by atoms with Crippen LogP contribution in [0.3, 0.4) is 0 Å². The van der Waals surface area contributed by atoms with E-state index in [0.717, 1.165) is 33.9 Å². The Morgan fingerprint density at radius 2 is 1.12 bits per heavy atom. The first kappa shape index (κ1) is 18.3. The Labute approximate surface area is 154 Å². The third kappa shape index (κ3) is 4.00. The number of hydrogen-bond donors (Lipinski definition) is 2. The predicted octanol–water partition coefficient (Wildman–Crippen LogP) is 2.03. The summed E-state index contributed by atoms with van der Waals surface area (Å²) in [5.41, 5.74) is 6.39. The third-order valence-corrected chi connectivity index (χ3v) is 5.18. The molecule has 2 amide bonds. The quantitative estimate of drug-likeness (QED) is 0.880. The van der Waals surface area contributed by atoms with Crippen LogP contribution >= 0.6 is 0 Å². The van der Waals surface area contributed by atoms with Gasteiger partial charge in [0, 0.05) is 49.0 Å². The van der Waals surface area contributed by atoms with Gasteiger partial charge in [-0.25, -0.2) is 0 Å². The molecule has 3 rings (SSSR count). The number of nitrogens with one attached hydrogen (secondary N) is 2. The number of piperazine rings is 1. The lowest BCUT2D eigenvalue weighted by Crippen LogP contribution is -2.51. The van der Waals surface area contributed by atoms with Gasteiger partial charge in [-0.05, 0) is 51.0 Å². The highest BCUT2D eigenvalue weighted by molar-refractivity contribution is 5.81. The number of carbonyl (C=O) groups is 2. The van der Waals surface area contributed by atoms with Gasteiger partial charge in [0.2, 0.25) is 11.8 Å². The zero-order valence-electron chi connectivity index (χ0n) is 16.1. The van der Waals surface area contributed by atoms with E-state index in [4.69, 9.17) is 0 Å². The summed E-state index contributed by atoms with van der Waals surface area (Å²) in [5.74, 6) is 0.271. The van der Waals surface area contributed by atoms with E-state index in [1.54, 1.807) is 0 Å². The standard InChI is InChI=1S/C20H28N4O2/c1-13-9-17(15(3)21-13)11-19(25)23-5-7-24(8-6-23)20(26)12-18-10-14(2)22-16(18)4/h9-10,21-22H,5-8,11-12H2,1-4H3. The highest BCUT2D eigenvalue weighted by Gasteiger charge is 2.25. The molecular formula is C20H28N4O2. The number of rotatable bonds is 4. The number of aryl methyl sites for hydroxylation is 4. The summed E-state index contributed by atoms with van der Waals surface area (Å²) in [6.45, 7) is 10.4. The minimum atomic E-state index is 0.135. The number of aromatic nitrogens is 2. The van der Waals surface area contributed by atoms with E-state index in [2.05, 4.69) is 9.97 Å². The average Bonchev–Trinajstić information content (AvgIpc) is 3.07. The van der Waals surface area contributed by atoms with Crippen molar-refractivity contribution in [1.29, 1.82) is 0 Å². The summed E-state index contributed by atoms with van der Waals surface area (Å²) in [5, 5.41) is 0. The normalized spacial score (nSPS) is 14.8. The van der Waals surface area contributed by atoms with Crippen molar-refractivity contribution in [2.45, 2.75) is 40.5 Å². The molecule has 0 aromatic carbocycles. The molecule has 0 unspecified atom stereocenters. The average molecular weight is 356 g/mol. The van der Waals surface area contributed by atoms with Crippen LogP contribution in [0.15, 0.2) is 12.1 Å². The minimum Gasteiger partial charge on any atom is -0.362 e. The third-order valence-electron chi connectivity index (χ3n) is 5.18. The molecule has 0 radical (unpaired) electrons. The van der Waals surface area contributed by atoms with Crippen LogP contribution in [0, 0.1) is 27.7 Å². The first-order valence-corrected chi connectivity index (χ1v) is 9.19. The van der Waals surface area contributed by atoms with Crippen LogP contribution in [0.5, 0.6) is 0 Å². The van der Waals surface area contributed by atoms with Crippen LogP contribution in [0.4, 0.5) is 0 Å². The summed E-state index contributed by atoms with van der Waals surface area (Å²) in [6.07, 6.45) is 0.845. The van der Waals surface area contributed by atoms with Crippen LogP contribution in [0.2, 0.25) is 0 Å².